The molecule has 82 valence electrons. The fourth-order valence-corrected chi connectivity index (χ4v) is 1.64. The average molecular weight is 198 g/mol. The minimum atomic E-state index is -0.336. The van der Waals surface area contributed by atoms with Crippen LogP contribution in [0.25, 0.3) is 0 Å². The molecule has 0 unspecified atom stereocenters. The van der Waals surface area contributed by atoms with Gasteiger partial charge in [-0.3, -0.25) is 9.59 Å². The van der Waals surface area contributed by atoms with Crippen LogP contribution in [0.15, 0.2) is 0 Å². The molecule has 0 saturated carbocycles. The zero-order chi connectivity index (χ0) is 11.0. The molecule has 0 rings (SSSR count). The number of ketones is 2. The van der Waals surface area contributed by atoms with Crippen LogP contribution in [0.4, 0.5) is 0 Å². The molecule has 14 heavy (non-hydrogen) atoms. The van der Waals surface area contributed by atoms with Crippen molar-refractivity contribution in [2.45, 2.75) is 59.3 Å². The topological polar surface area (TPSA) is 34.1 Å². The van der Waals surface area contributed by atoms with Gasteiger partial charge in [0.05, 0.1) is 5.92 Å². The molecule has 0 aliphatic rings. The summed E-state index contributed by atoms with van der Waals surface area (Å²) in [5, 5.41) is 0. The van der Waals surface area contributed by atoms with Crippen LogP contribution in [0, 0.1) is 5.92 Å². The summed E-state index contributed by atoms with van der Waals surface area (Å²) in [6.07, 6.45) is 6.59. The van der Waals surface area contributed by atoms with Gasteiger partial charge in [-0.15, -0.1) is 0 Å². The van der Waals surface area contributed by atoms with Gasteiger partial charge in [0.25, 0.3) is 0 Å². The number of rotatable bonds is 8. The first-order chi connectivity index (χ1) is 6.59. The van der Waals surface area contributed by atoms with E-state index in [9.17, 15) is 9.59 Å². The zero-order valence-corrected chi connectivity index (χ0v) is 9.64. The fraction of sp³-hybridized carbons (Fsp3) is 0.833. The Balaban J connectivity index is 3.62. The Kier molecular flexibility index (Phi) is 7.35. The third-order valence-corrected chi connectivity index (χ3v) is 2.58. The Labute approximate surface area is 87.1 Å². The van der Waals surface area contributed by atoms with Gasteiger partial charge >= 0.3 is 0 Å². The highest BCUT2D eigenvalue weighted by Crippen LogP contribution is 2.13. The molecular formula is C12H22O2. The molecule has 0 N–H and O–H groups in total. The third-order valence-electron chi connectivity index (χ3n) is 2.58. The van der Waals surface area contributed by atoms with Crippen LogP contribution in [0.5, 0.6) is 0 Å². The van der Waals surface area contributed by atoms with Crippen molar-refractivity contribution in [1.29, 1.82) is 0 Å². The fourth-order valence-electron chi connectivity index (χ4n) is 1.64. The molecule has 0 aromatic carbocycles. The lowest BCUT2D eigenvalue weighted by atomic mass is 9.94. The highest BCUT2D eigenvalue weighted by Gasteiger charge is 2.18. The molecule has 0 saturated heterocycles. The van der Waals surface area contributed by atoms with Gasteiger partial charge in [-0.1, -0.05) is 39.0 Å². The largest absolute Gasteiger partial charge is 0.299 e. The Bertz CT molecular complexity index is 171. The van der Waals surface area contributed by atoms with Crippen LogP contribution in [0.1, 0.15) is 59.3 Å². The van der Waals surface area contributed by atoms with Gasteiger partial charge < -0.3 is 0 Å². The van der Waals surface area contributed by atoms with E-state index in [0.717, 1.165) is 19.3 Å². The zero-order valence-electron chi connectivity index (χ0n) is 9.64. The molecule has 0 aromatic rings. The molecule has 0 radical (unpaired) electrons. The van der Waals surface area contributed by atoms with Crippen LogP contribution >= 0.6 is 0 Å². The van der Waals surface area contributed by atoms with E-state index in [1.165, 1.54) is 33.1 Å². The predicted octanol–water partition coefficient (Wildman–Crippen LogP) is 3.14. The van der Waals surface area contributed by atoms with Crippen molar-refractivity contribution in [1.82, 2.24) is 0 Å². The quantitative estimate of drug-likeness (QED) is 0.443. The highest BCUT2D eigenvalue weighted by molar-refractivity contribution is 6.00. The van der Waals surface area contributed by atoms with E-state index in [1.807, 2.05) is 0 Å². The summed E-state index contributed by atoms with van der Waals surface area (Å²) in [6.45, 7) is 5.20. The summed E-state index contributed by atoms with van der Waals surface area (Å²) in [4.78, 5) is 22.2. The van der Waals surface area contributed by atoms with Gasteiger partial charge in [0.2, 0.25) is 0 Å². The Morgan fingerprint density at radius 1 is 0.929 bits per heavy atom. The van der Waals surface area contributed by atoms with Crippen molar-refractivity contribution in [3.8, 4) is 0 Å². The molecule has 0 aliphatic carbocycles. The summed E-state index contributed by atoms with van der Waals surface area (Å²) in [7, 11) is 0. The van der Waals surface area contributed by atoms with E-state index >= 15 is 0 Å². The lowest BCUT2D eigenvalue weighted by Crippen LogP contribution is -2.19. The molecule has 2 heteroatoms. The van der Waals surface area contributed by atoms with Gasteiger partial charge in [-0.05, 0) is 20.3 Å². The third kappa shape index (κ3) is 5.90. The Morgan fingerprint density at radius 3 is 1.86 bits per heavy atom. The molecule has 0 spiro atoms. The first kappa shape index (κ1) is 13.3. The summed E-state index contributed by atoms with van der Waals surface area (Å²) < 4.78 is 0. The number of unbranched alkanes of at least 4 members (excludes halogenated alkanes) is 4. The minimum Gasteiger partial charge on any atom is -0.299 e. The summed E-state index contributed by atoms with van der Waals surface area (Å²) in [5.41, 5.74) is 0. The van der Waals surface area contributed by atoms with Crippen LogP contribution in [-0.2, 0) is 9.59 Å². The lowest BCUT2D eigenvalue weighted by molar-refractivity contribution is -0.130. The van der Waals surface area contributed by atoms with Crippen molar-refractivity contribution in [3.05, 3.63) is 0 Å². The van der Waals surface area contributed by atoms with Crippen molar-refractivity contribution in [2.75, 3.05) is 0 Å². The molecule has 2 nitrogen and oxygen atoms in total. The summed E-state index contributed by atoms with van der Waals surface area (Å²) >= 11 is 0. The monoisotopic (exact) mass is 198 g/mol. The second-order valence-electron chi connectivity index (χ2n) is 3.98. The van der Waals surface area contributed by atoms with Gasteiger partial charge in [0, 0.05) is 0 Å². The summed E-state index contributed by atoms with van der Waals surface area (Å²) in [6, 6.07) is 0. The van der Waals surface area contributed by atoms with Crippen molar-refractivity contribution >= 4 is 11.6 Å². The van der Waals surface area contributed by atoms with E-state index in [4.69, 9.17) is 0 Å². The number of hydrogen-bond donors (Lipinski definition) is 0. The summed E-state index contributed by atoms with van der Waals surface area (Å²) in [5.74, 6) is -0.294. The van der Waals surface area contributed by atoms with Crippen LogP contribution in [0.3, 0.4) is 0 Å². The number of carbonyl (C=O) groups is 2. The van der Waals surface area contributed by atoms with Crippen LogP contribution < -0.4 is 0 Å². The van der Waals surface area contributed by atoms with Crippen molar-refractivity contribution in [3.63, 3.8) is 0 Å². The molecular weight excluding hydrogens is 176 g/mol. The van der Waals surface area contributed by atoms with E-state index < -0.39 is 0 Å². The molecule has 0 amide bonds. The molecule has 0 aliphatic heterocycles. The maximum absolute atomic E-state index is 11.1. The van der Waals surface area contributed by atoms with E-state index in [2.05, 4.69) is 6.92 Å². The van der Waals surface area contributed by atoms with Gasteiger partial charge in [0.15, 0.2) is 0 Å². The number of Topliss-reactive ketones (excluding diaryl/α,β-unsaturated/α-hetero) is 2. The van der Waals surface area contributed by atoms with Gasteiger partial charge in [-0.25, -0.2) is 0 Å². The predicted molar refractivity (Wildman–Crippen MR) is 58.2 cm³/mol. The van der Waals surface area contributed by atoms with Crippen LogP contribution in [0.2, 0.25) is 0 Å². The minimum absolute atomic E-state index is 0.0213. The van der Waals surface area contributed by atoms with E-state index in [1.54, 1.807) is 0 Å². The average Bonchev–Trinajstić information content (AvgIpc) is 2.09. The first-order valence-electron chi connectivity index (χ1n) is 5.60. The highest BCUT2D eigenvalue weighted by atomic mass is 16.1. The smallest absolute Gasteiger partial charge is 0.140 e. The normalized spacial score (nSPS) is 10.6. The molecule has 0 aromatic heterocycles. The van der Waals surface area contributed by atoms with Crippen LogP contribution in [-0.4, -0.2) is 11.6 Å². The molecule has 0 fully saturated rings. The molecule has 0 bridgehead atoms. The second-order valence-corrected chi connectivity index (χ2v) is 3.98. The Hall–Kier alpha value is -0.660. The number of hydrogen-bond acceptors (Lipinski definition) is 2. The lowest BCUT2D eigenvalue weighted by Gasteiger charge is -2.09. The SMILES string of the molecule is CCCCCCCC(C(C)=O)C(C)=O. The maximum atomic E-state index is 11.1. The number of carbonyl (C=O) groups excluding carboxylic acids is 2. The standard InChI is InChI=1S/C12H22O2/c1-4-5-6-7-8-9-12(10(2)13)11(3)14/h12H,4-9H2,1-3H3. The van der Waals surface area contributed by atoms with Gasteiger partial charge in [-0.2, -0.15) is 0 Å². The molecule has 0 atom stereocenters. The second kappa shape index (κ2) is 7.72. The van der Waals surface area contributed by atoms with Crippen molar-refractivity contribution < 1.29 is 9.59 Å². The first-order valence-corrected chi connectivity index (χ1v) is 5.60. The van der Waals surface area contributed by atoms with Gasteiger partial charge in [0.1, 0.15) is 11.6 Å². The van der Waals surface area contributed by atoms with E-state index in [-0.39, 0.29) is 17.5 Å². The Morgan fingerprint density at radius 2 is 1.43 bits per heavy atom. The molecule has 0 heterocycles. The van der Waals surface area contributed by atoms with Crippen molar-refractivity contribution in [2.24, 2.45) is 5.92 Å². The maximum Gasteiger partial charge on any atom is 0.140 e. The van der Waals surface area contributed by atoms with E-state index in [0.29, 0.717) is 0 Å².